The average molecular weight is 749 g/mol. The molecule has 0 aliphatic carbocycles. The normalized spacial score (nSPS) is 17.4. The molecule has 1 heterocycles. The Morgan fingerprint density at radius 1 is 0.868 bits per heavy atom. The molecular formula is C44H48N2O5S2. The number of carbonyl (C=O) groups is 1. The maximum atomic E-state index is 14.5. The smallest absolute Gasteiger partial charge is 0.331 e. The number of nitrogens with one attached hydrogen (secondary N) is 1. The fourth-order valence-electron chi connectivity index (χ4n) is 7.54. The number of rotatable bonds is 14. The van der Waals surface area contributed by atoms with Gasteiger partial charge in [-0.2, -0.15) is 0 Å². The molecule has 1 aliphatic rings. The number of carbonyl (C=O) groups excluding carboxylic acids is 1. The van der Waals surface area contributed by atoms with Gasteiger partial charge in [-0.25, -0.2) is 13.2 Å². The lowest BCUT2D eigenvalue weighted by atomic mass is 9.76. The van der Waals surface area contributed by atoms with E-state index in [-0.39, 0.29) is 16.4 Å². The van der Waals surface area contributed by atoms with Gasteiger partial charge in [0.25, 0.3) is 0 Å². The molecule has 0 bridgehead atoms. The van der Waals surface area contributed by atoms with Crippen LogP contribution in [0.15, 0.2) is 143 Å². The minimum absolute atomic E-state index is 0.00655. The second-order valence-electron chi connectivity index (χ2n) is 13.8. The number of nitrogens with zero attached hydrogens (tertiary/aromatic N) is 1. The first-order chi connectivity index (χ1) is 25.7. The molecule has 2 N–H and O–H groups in total. The third-order valence-electron chi connectivity index (χ3n) is 10.4. The fourth-order valence-corrected chi connectivity index (χ4v) is 10.3. The average Bonchev–Trinajstić information content (AvgIpc) is 3.30. The molecule has 5 aromatic rings. The van der Waals surface area contributed by atoms with E-state index in [1.165, 1.54) is 17.8 Å². The van der Waals surface area contributed by atoms with Crippen molar-refractivity contribution in [1.82, 2.24) is 5.32 Å². The molecule has 6 rings (SSSR count). The van der Waals surface area contributed by atoms with Crippen molar-refractivity contribution in [2.45, 2.75) is 60.9 Å². The molecular weight excluding hydrogens is 701 g/mol. The van der Waals surface area contributed by atoms with Gasteiger partial charge in [-0.1, -0.05) is 136 Å². The van der Waals surface area contributed by atoms with Gasteiger partial charge in [0.1, 0.15) is 11.8 Å². The summed E-state index contributed by atoms with van der Waals surface area (Å²) in [5, 5.41) is 14.4. The highest BCUT2D eigenvalue weighted by atomic mass is 32.2. The lowest BCUT2D eigenvalue weighted by molar-refractivity contribution is -0.138. The number of hydrogen-bond acceptors (Lipinski definition) is 8. The summed E-state index contributed by atoms with van der Waals surface area (Å²) in [5.74, 6) is -0.597. The Kier molecular flexibility index (Phi) is 12.1. The van der Waals surface area contributed by atoms with Crippen LogP contribution < -0.4 is 15.0 Å². The number of ether oxygens (including phenoxy) is 1. The molecule has 276 valence electrons. The van der Waals surface area contributed by atoms with Gasteiger partial charge in [-0.15, -0.1) is 11.8 Å². The molecule has 0 amide bonds. The van der Waals surface area contributed by atoms with Crippen LogP contribution in [-0.4, -0.2) is 50.7 Å². The topological polar surface area (TPSA) is 95.9 Å². The van der Waals surface area contributed by atoms with Crippen LogP contribution in [-0.2, 0) is 20.2 Å². The number of sulfone groups is 1. The van der Waals surface area contributed by atoms with Gasteiger partial charge in [-0.05, 0) is 54.0 Å². The standard InChI is InChI=1S/C44H48N2O5S2/c1-4-6-27-43(5-2)31-46(36-25-17-10-18-26-36)38-28-40(52-3)39(29-41(38)53(49,50)32-43)51-42(48)37(30-47)45-44(33-19-11-7-12-20-33,34-21-13-8-14-22-34)35-23-15-9-16-24-35/h7-26,28-29,37,45,47H,4-6,27,30-32H2,1-3H3/t37-,43-/m1/s1. The number of anilines is 2. The maximum absolute atomic E-state index is 14.5. The van der Waals surface area contributed by atoms with Gasteiger partial charge in [0.05, 0.1) is 33.4 Å². The molecule has 0 aromatic heterocycles. The van der Waals surface area contributed by atoms with Crippen molar-refractivity contribution in [3.05, 3.63) is 150 Å². The highest BCUT2D eigenvalue weighted by Gasteiger charge is 2.43. The Morgan fingerprint density at radius 2 is 1.40 bits per heavy atom. The van der Waals surface area contributed by atoms with Crippen LogP contribution in [0.4, 0.5) is 11.4 Å². The van der Waals surface area contributed by atoms with Gasteiger partial charge in [-0.3, -0.25) is 5.32 Å². The molecule has 0 fully saturated rings. The van der Waals surface area contributed by atoms with Crippen molar-refractivity contribution in [3.63, 3.8) is 0 Å². The summed E-state index contributed by atoms with van der Waals surface area (Å²) in [6.07, 6.45) is 5.26. The number of aliphatic hydroxyl groups is 1. The summed E-state index contributed by atoms with van der Waals surface area (Å²) in [4.78, 5) is 17.2. The summed E-state index contributed by atoms with van der Waals surface area (Å²) >= 11 is 1.38. The van der Waals surface area contributed by atoms with E-state index in [0.717, 1.165) is 41.6 Å². The van der Waals surface area contributed by atoms with Gasteiger partial charge in [0.2, 0.25) is 0 Å². The van der Waals surface area contributed by atoms with Crippen molar-refractivity contribution in [3.8, 4) is 5.75 Å². The Bertz CT molecular complexity index is 1980. The monoisotopic (exact) mass is 748 g/mol. The highest BCUT2D eigenvalue weighted by Crippen LogP contribution is 2.47. The maximum Gasteiger partial charge on any atom is 0.331 e. The number of esters is 1. The molecule has 53 heavy (non-hydrogen) atoms. The van der Waals surface area contributed by atoms with Crippen molar-refractivity contribution in [2.75, 3.05) is 30.1 Å². The second-order valence-corrected chi connectivity index (χ2v) is 16.6. The zero-order chi connectivity index (χ0) is 37.5. The molecule has 5 aromatic carbocycles. The Labute approximate surface area is 318 Å². The predicted molar refractivity (Wildman–Crippen MR) is 215 cm³/mol. The van der Waals surface area contributed by atoms with E-state index in [0.29, 0.717) is 23.5 Å². The van der Waals surface area contributed by atoms with E-state index < -0.39 is 39.4 Å². The third-order valence-corrected chi connectivity index (χ3v) is 13.2. The lowest BCUT2D eigenvalue weighted by Gasteiger charge is -2.39. The van der Waals surface area contributed by atoms with Gasteiger partial charge < -0.3 is 14.7 Å². The third kappa shape index (κ3) is 7.94. The first-order valence-corrected chi connectivity index (χ1v) is 21.1. The molecule has 0 spiro atoms. The van der Waals surface area contributed by atoms with Crippen LogP contribution >= 0.6 is 11.8 Å². The SMILES string of the molecule is CCCC[C@]1(CC)CN(c2ccccc2)c2cc(SC)c(OC(=O)[C@@H](CO)NC(c3ccccc3)(c3ccccc3)c3ccccc3)cc2S(=O)(=O)C1. The van der Waals surface area contributed by atoms with Crippen molar-refractivity contribution in [2.24, 2.45) is 5.41 Å². The number of unbranched alkanes of at least 4 members (excludes halogenated alkanes) is 1. The molecule has 0 saturated carbocycles. The summed E-state index contributed by atoms with van der Waals surface area (Å²) in [7, 11) is -3.82. The molecule has 0 saturated heterocycles. The van der Waals surface area contributed by atoms with Crippen LogP contribution in [0, 0.1) is 5.41 Å². The summed E-state index contributed by atoms with van der Waals surface area (Å²) in [6, 6.07) is 41.5. The van der Waals surface area contributed by atoms with Crippen LogP contribution in [0.3, 0.4) is 0 Å². The Morgan fingerprint density at radius 3 is 1.87 bits per heavy atom. The molecule has 1 aliphatic heterocycles. The van der Waals surface area contributed by atoms with Crippen LogP contribution in [0.1, 0.15) is 56.2 Å². The summed E-state index contributed by atoms with van der Waals surface area (Å²) in [6.45, 7) is 4.18. The minimum atomic E-state index is -3.82. The van der Waals surface area contributed by atoms with Crippen molar-refractivity contribution >= 4 is 38.9 Å². The number of fused-ring (bicyclic) bond motifs is 1. The predicted octanol–water partition coefficient (Wildman–Crippen LogP) is 8.77. The number of para-hydroxylation sites is 1. The zero-order valence-corrected chi connectivity index (χ0v) is 32.2. The molecule has 7 nitrogen and oxygen atoms in total. The van der Waals surface area contributed by atoms with Gasteiger partial charge in [0, 0.05) is 23.7 Å². The molecule has 0 unspecified atom stereocenters. The van der Waals surface area contributed by atoms with E-state index in [4.69, 9.17) is 4.74 Å². The Hall–Kier alpha value is -4.41. The molecule has 2 atom stereocenters. The van der Waals surface area contributed by atoms with E-state index in [2.05, 4.69) is 24.1 Å². The second kappa shape index (κ2) is 16.7. The van der Waals surface area contributed by atoms with Crippen molar-refractivity contribution in [1.29, 1.82) is 0 Å². The van der Waals surface area contributed by atoms with Gasteiger partial charge >= 0.3 is 5.97 Å². The first kappa shape index (κ1) is 38.3. The van der Waals surface area contributed by atoms with Crippen LogP contribution in [0.2, 0.25) is 0 Å². The van der Waals surface area contributed by atoms with Crippen LogP contribution in [0.5, 0.6) is 5.75 Å². The number of benzene rings is 5. The fraction of sp³-hybridized carbons (Fsp3) is 0.295. The highest BCUT2D eigenvalue weighted by molar-refractivity contribution is 7.98. The van der Waals surface area contributed by atoms with E-state index in [1.807, 2.05) is 134 Å². The van der Waals surface area contributed by atoms with Crippen LogP contribution in [0.25, 0.3) is 0 Å². The summed E-state index contributed by atoms with van der Waals surface area (Å²) in [5.41, 5.74) is 2.56. The van der Waals surface area contributed by atoms with E-state index in [9.17, 15) is 18.3 Å². The van der Waals surface area contributed by atoms with E-state index >= 15 is 0 Å². The number of hydrogen-bond donors (Lipinski definition) is 2. The van der Waals surface area contributed by atoms with E-state index in [1.54, 1.807) is 0 Å². The molecule has 0 radical (unpaired) electrons. The molecule has 9 heteroatoms. The van der Waals surface area contributed by atoms with Crippen molar-refractivity contribution < 1.29 is 23.1 Å². The number of thioether (sulfide) groups is 1. The minimum Gasteiger partial charge on any atom is -0.424 e. The Balaban J connectivity index is 1.44. The largest absolute Gasteiger partial charge is 0.424 e. The summed E-state index contributed by atoms with van der Waals surface area (Å²) < 4.78 is 35.1. The van der Waals surface area contributed by atoms with Gasteiger partial charge in [0.15, 0.2) is 9.84 Å². The first-order valence-electron chi connectivity index (χ1n) is 18.2. The zero-order valence-electron chi connectivity index (χ0n) is 30.6. The quantitative estimate of drug-likeness (QED) is 0.0504. The lowest BCUT2D eigenvalue weighted by Crippen LogP contribution is -2.55. The number of aliphatic hydroxyl groups excluding tert-OH is 1.